The zero-order valence-electron chi connectivity index (χ0n) is 15.0. The molecule has 5 heteroatoms. The SMILES string of the molecule is CCC1CC(CC)OC(CCc2ccc(Cl)cc2)(Cn2ccnc2)O1. The number of ether oxygens (including phenoxy) is 2. The second kappa shape index (κ2) is 8.35. The van der Waals surface area contributed by atoms with Crippen LogP contribution in [0.25, 0.3) is 0 Å². The van der Waals surface area contributed by atoms with Gasteiger partial charge in [0.1, 0.15) is 0 Å². The zero-order chi connectivity index (χ0) is 17.7. The van der Waals surface area contributed by atoms with Gasteiger partial charge in [0.2, 0.25) is 0 Å². The summed E-state index contributed by atoms with van der Waals surface area (Å²) in [7, 11) is 0. The molecule has 1 saturated heterocycles. The standard InChI is InChI=1S/C20H27ClN2O2/c1-3-18-13-19(4-2)25-20(24-18,14-23-12-11-22-15-23)10-9-16-5-7-17(21)8-6-16/h5-8,11-12,15,18-19H,3-4,9-10,13-14H2,1-2H3. The molecule has 0 N–H and O–H groups in total. The van der Waals surface area contributed by atoms with Crippen molar-refractivity contribution in [3.05, 3.63) is 53.6 Å². The number of aryl methyl sites for hydroxylation is 1. The van der Waals surface area contributed by atoms with Crippen LogP contribution in [0.5, 0.6) is 0 Å². The highest BCUT2D eigenvalue weighted by molar-refractivity contribution is 6.30. The highest BCUT2D eigenvalue weighted by atomic mass is 35.5. The van der Waals surface area contributed by atoms with Gasteiger partial charge in [0.15, 0.2) is 5.79 Å². The maximum absolute atomic E-state index is 6.48. The number of hydrogen-bond donors (Lipinski definition) is 0. The molecule has 0 bridgehead atoms. The zero-order valence-corrected chi connectivity index (χ0v) is 15.8. The van der Waals surface area contributed by atoms with Crippen LogP contribution in [-0.2, 0) is 22.4 Å². The van der Waals surface area contributed by atoms with Crippen molar-refractivity contribution in [2.75, 3.05) is 0 Å². The Bertz CT molecular complexity index is 630. The van der Waals surface area contributed by atoms with Crippen LogP contribution in [0, 0.1) is 0 Å². The summed E-state index contributed by atoms with van der Waals surface area (Å²) in [6.45, 7) is 5.03. The Morgan fingerprint density at radius 2 is 1.84 bits per heavy atom. The molecule has 0 amide bonds. The molecule has 1 aliphatic rings. The Labute approximate surface area is 155 Å². The summed E-state index contributed by atoms with van der Waals surface area (Å²) in [5.74, 6) is -0.611. The predicted molar refractivity (Wildman–Crippen MR) is 99.7 cm³/mol. The second-order valence-corrected chi connectivity index (χ2v) is 7.24. The predicted octanol–water partition coefficient (Wildman–Crippen LogP) is 4.86. The molecular formula is C20H27ClN2O2. The maximum Gasteiger partial charge on any atom is 0.187 e. The molecule has 2 heterocycles. The van der Waals surface area contributed by atoms with Gasteiger partial charge in [0, 0.05) is 30.3 Å². The van der Waals surface area contributed by atoms with E-state index in [2.05, 4.69) is 31.0 Å². The summed E-state index contributed by atoms with van der Waals surface area (Å²) in [6, 6.07) is 8.02. The third kappa shape index (κ3) is 4.84. The molecule has 2 atom stereocenters. The fraction of sp³-hybridized carbons (Fsp3) is 0.550. The Hall–Kier alpha value is -1.36. The molecule has 0 spiro atoms. The Morgan fingerprint density at radius 3 is 2.40 bits per heavy atom. The summed E-state index contributed by atoms with van der Waals surface area (Å²) in [4.78, 5) is 4.16. The van der Waals surface area contributed by atoms with Crippen molar-refractivity contribution in [1.82, 2.24) is 9.55 Å². The highest BCUT2D eigenvalue weighted by Crippen LogP contribution is 2.35. The van der Waals surface area contributed by atoms with Gasteiger partial charge in [0.05, 0.1) is 25.1 Å². The van der Waals surface area contributed by atoms with E-state index >= 15 is 0 Å². The fourth-order valence-electron chi connectivity index (χ4n) is 3.44. The van der Waals surface area contributed by atoms with E-state index in [1.165, 1.54) is 5.56 Å². The molecule has 1 aromatic carbocycles. The number of halogens is 1. The Morgan fingerprint density at radius 1 is 1.16 bits per heavy atom. The first kappa shape index (κ1) is 18.4. The summed E-state index contributed by atoms with van der Waals surface area (Å²) in [5, 5.41) is 0.763. The third-order valence-electron chi connectivity index (χ3n) is 4.89. The topological polar surface area (TPSA) is 36.3 Å². The lowest BCUT2D eigenvalue weighted by Gasteiger charge is -2.45. The van der Waals surface area contributed by atoms with Gasteiger partial charge in [-0.2, -0.15) is 0 Å². The normalized spacial score (nSPS) is 26.7. The van der Waals surface area contributed by atoms with Gasteiger partial charge in [-0.15, -0.1) is 0 Å². The van der Waals surface area contributed by atoms with E-state index in [-0.39, 0.29) is 12.2 Å². The van der Waals surface area contributed by atoms with Crippen molar-refractivity contribution in [3.8, 4) is 0 Å². The first-order chi connectivity index (χ1) is 12.1. The van der Waals surface area contributed by atoms with Crippen molar-refractivity contribution in [2.45, 2.75) is 70.5 Å². The average molecular weight is 363 g/mol. The lowest BCUT2D eigenvalue weighted by Crippen LogP contribution is -2.51. The van der Waals surface area contributed by atoms with Crippen molar-refractivity contribution in [2.24, 2.45) is 0 Å². The molecule has 4 nitrogen and oxygen atoms in total. The van der Waals surface area contributed by atoms with Crippen molar-refractivity contribution in [1.29, 1.82) is 0 Å². The minimum atomic E-state index is -0.611. The van der Waals surface area contributed by atoms with Gasteiger partial charge >= 0.3 is 0 Å². The number of imidazole rings is 1. The molecule has 0 radical (unpaired) electrons. The Kier molecular flexibility index (Phi) is 6.15. The van der Waals surface area contributed by atoms with Crippen LogP contribution in [0.1, 0.15) is 45.1 Å². The third-order valence-corrected chi connectivity index (χ3v) is 5.14. The van der Waals surface area contributed by atoms with Crippen LogP contribution >= 0.6 is 11.6 Å². The molecule has 25 heavy (non-hydrogen) atoms. The highest BCUT2D eigenvalue weighted by Gasteiger charge is 2.41. The second-order valence-electron chi connectivity index (χ2n) is 6.80. The van der Waals surface area contributed by atoms with Gasteiger partial charge in [0.25, 0.3) is 0 Å². The lowest BCUT2D eigenvalue weighted by atomic mass is 9.99. The summed E-state index contributed by atoms with van der Waals surface area (Å²) < 4.78 is 15.0. The molecule has 136 valence electrons. The molecule has 2 unspecified atom stereocenters. The molecule has 1 fully saturated rings. The van der Waals surface area contributed by atoms with E-state index in [4.69, 9.17) is 21.1 Å². The van der Waals surface area contributed by atoms with Gasteiger partial charge < -0.3 is 14.0 Å². The van der Waals surface area contributed by atoms with E-state index < -0.39 is 5.79 Å². The molecule has 0 saturated carbocycles. The number of rotatable bonds is 7. The van der Waals surface area contributed by atoms with Gasteiger partial charge in [-0.05, 0) is 37.0 Å². The molecule has 0 aliphatic carbocycles. The minimum absolute atomic E-state index is 0.243. The van der Waals surface area contributed by atoms with Crippen LogP contribution in [-0.4, -0.2) is 27.5 Å². The van der Waals surface area contributed by atoms with Gasteiger partial charge in [-0.1, -0.05) is 37.6 Å². The molecular weight excluding hydrogens is 336 g/mol. The largest absolute Gasteiger partial charge is 0.345 e. The van der Waals surface area contributed by atoms with Crippen LogP contribution < -0.4 is 0 Å². The first-order valence-electron chi connectivity index (χ1n) is 9.18. The quantitative estimate of drug-likeness (QED) is 0.705. The smallest absolute Gasteiger partial charge is 0.187 e. The molecule has 3 rings (SSSR count). The number of aromatic nitrogens is 2. The minimum Gasteiger partial charge on any atom is -0.345 e. The van der Waals surface area contributed by atoms with E-state index in [1.54, 1.807) is 6.20 Å². The summed E-state index contributed by atoms with van der Waals surface area (Å²) >= 11 is 6.00. The van der Waals surface area contributed by atoms with Crippen molar-refractivity contribution >= 4 is 11.6 Å². The molecule has 2 aromatic rings. The van der Waals surface area contributed by atoms with Gasteiger partial charge in [-0.25, -0.2) is 4.98 Å². The van der Waals surface area contributed by atoms with Crippen molar-refractivity contribution < 1.29 is 9.47 Å². The first-order valence-corrected chi connectivity index (χ1v) is 9.56. The molecule has 1 aromatic heterocycles. The van der Waals surface area contributed by atoms with E-state index in [0.717, 1.165) is 37.1 Å². The number of hydrogen-bond acceptors (Lipinski definition) is 3. The number of nitrogens with zero attached hydrogens (tertiary/aromatic N) is 2. The lowest BCUT2D eigenvalue weighted by molar-refractivity contribution is -0.326. The summed E-state index contributed by atoms with van der Waals surface area (Å²) in [5.41, 5.74) is 1.24. The monoisotopic (exact) mass is 362 g/mol. The van der Waals surface area contributed by atoms with Crippen LogP contribution in [0.4, 0.5) is 0 Å². The maximum atomic E-state index is 6.48. The van der Waals surface area contributed by atoms with Crippen LogP contribution in [0.15, 0.2) is 43.0 Å². The van der Waals surface area contributed by atoms with Gasteiger partial charge in [-0.3, -0.25) is 0 Å². The fourth-order valence-corrected chi connectivity index (χ4v) is 3.57. The van der Waals surface area contributed by atoms with Crippen LogP contribution in [0.2, 0.25) is 5.02 Å². The van der Waals surface area contributed by atoms with E-state index in [1.807, 2.05) is 29.2 Å². The number of benzene rings is 1. The average Bonchev–Trinajstić information content (AvgIpc) is 3.13. The Balaban J connectivity index is 1.79. The van der Waals surface area contributed by atoms with Crippen molar-refractivity contribution in [3.63, 3.8) is 0 Å². The van der Waals surface area contributed by atoms with Crippen LogP contribution in [0.3, 0.4) is 0 Å². The van der Waals surface area contributed by atoms with E-state index in [0.29, 0.717) is 6.54 Å². The molecule has 1 aliphatic heterocycles. The van der Waals surface area contributed by atoms with E-state index in [9.17, 15) is 0 Å². The summed E-state index contributed by atoms with van der Waals surface area (Å²) in [6.07, 6.45) is 10.8.